The normalized spacial score (nSPS) is 24.1. The lowest BCUT2D eigenvalue weighted by molar-refractivity contribution is -0.209. The van der Waals surface area contributed by atoms with Gasteiger partial charge in [-0.3, -0.25) is 0 Å². The molecule has 0 aliphatic carbocycles. The van der Waals surface area contributed by atoms with Crippen molar-refractivity contribution >= 4 is 0 Å². The number of fused-ring (bicyclic) bond motifs is 2. The van der Waals surface area contributed by atoms with Crippen molar-refractivity contribution in [3.63, 3.8) is 0 Å². The molecule has 0 amide bonds. The van der Waals surface area contributed by atoms with E-state index in [0.29, 0.717) is 41.1 Å². The molecule has 4 rings (SSSR count). The zero-order valence-corrected chi connectivity index (χ0v) is 18.2. The lowest BCUT2D eigenvalue weighted by Crippen LogP contribution is -2.48. The van der Waals surface area contributed by atoms with Crippen LogP contribution in [0.25, 0.3) is 0 Å². The molecule has 0 fully saturated rings. The van der Waals surface area contributed by atoms with E-state index >= 15 is 0 Å². The first-order valence-corrected chi connectivity index (χ1v) is 10.0. The Balaban J connectivity index is 1.92. The summed E-state index contributed by atoms with van der Waals surface area (Å²) in [7, 11) is 4.83. The summed E-state index contributed by atoms with van der Waals surface area (Å²) in [6, 6.07) is 7.84. The van der Waals surface area contributed by atoms with Gasteiger partial charge in [0.25, 0.3) is 0 Å². The minimum atomic E-state index is -0.819. The molecule has 7 nitrogen and oxygen atoms in total. The molecule has 0 unspecified atom stereocenters. The Morgan fingerprint density at radius 2 is 1.57 bits per heavy atom. The maximum absolute atomic E-state index is 6.36. The van der Waals surface area contributed by atoms with Gasteiger partial charge in [0.1, 0.15) is 5.75 Å². The average Bonchev–Trinajstić information content (AvgIpc) is 3.19. The molecule has 162 valence electrons. The van der Waals surface area contributed by atoms with E-state index in [1.165, 1.54) is 0 Å². The topological polar surface area (TPSA) is 64.6 Å². The molecule has 0 aromatic heterocycles. The van der Waals surface area contributed by atoms with Crippen LogP contribution in [-0.4, -0.2) is 40.5 Å². The summed E-state index contributed by atoms with van der Waals surface area (Å²) in [6.07, 6.45) is 0. The first-order valence-electron chi connectivity index (χ1n) is 10.0. The predicted octanol–water partition coefficient (Wildman–Crippen LogP) is 4.35. The molecule has 2 heterocycles. The molecule has 0 bridgehead atoms. The maximum Gasteiger partial charge on any atom is 0.231 e. The minimum Gasteiger partial charge on any atom is -0.493 e. The first kappa shape index (κ1) is 20.5. The Morgan fingerprint density at radius 3 is 2.13 bits per heavy atom. The fourth-order valence-corrected chi connectivity index (χ4v) is 4.35. The van der Waals surface area contributed by atoms with Crippen LogP contribution in [-0.2, 0) is 4.74 Å². The van der Waals surface area contributed by atoms with Crippen molar-refractivity contribution in [1.82, 2.24) is 0 Å². The number of hydrogen-bond donors (Lipinski definition) is 0. The molecule has 0 N–H and O–H groups in total. The summed E-state index contributed by atoms with van der Waals surface area (Å²) < 4.78 is 40.3. The SMILES string of the molecule is CCO[C@]1(C)Oc2cc3c(cc2[C@H](c2cc(OC)c(OC)c(OC)c2)[C@@H]1C)OCO3. The molecule has 7 heteroatoms. The monoisotopic (exact) mass is 416 g/mol. The zero-order valence-electron chi connectivity index (χ0n) is 18.2. The Morgan fingerprint density at radius 1 is 0.933 bits per heavy atom. The third-order valence-electron chi connectivity index (χ3n) is 5.96. The second-order valence-electron chi connectivity index (χ2n) is 7.52. The van der Waals surface area contributed by atoms with Gasteiger partial charge < -0.3 is 33.2 Å². The molecule has 0 spiro atoms. The highest BCUT2D eigenvalue weighted by atomic mass is 16.7. The van der Waals surface area contributed by atoms with Gasteiger partial charge in [-0.15, -0.1) is 0 Å². The van der Waals surface area contributed by atoms with Crippen LogP contribution in [0.15, 0.2) is 24.3 Å². The fourth-order valence-electron chi connectivity index (χ4n) is 4.35. The molecule has 0 saturated heterocycles. The van der Waals surface area contributed by atoms with E-state index in [4.69, 9.17) is 33.2 Å². The third-order valence-corrected chi connectivity index (χ3v) is 5.96. The highest BCUT2D eigenvalue weighted by molar-refractivity contribution is 5.60. The molecular weight excluding hydrogens is 388 g/mol. The van der Waals surface area contributed by atoms with Gasteiger partial charge in [-0.2, -0.15) is 0 Å². The average molecular weight is 416 g/mol. The molecule has 3 atom stereocenters. The van der Waals surface area contributed by atoms with Crippen molar-refractivity contribution in [2.24, 2.45) is 5.92 Å². The summed E-state index contributed by atoms with van der Waals surface area (Å²) in [5.41, 5.74) is 2.00. The van der Waals surface area contributed by atoms with Gasteiger partial charge in [-0.25, -0.2) is 0 Å². The zero-order chi connectivity index (χ0) is 21.5. The van der Waals surface area contributed by atoms with Gasteiger partial charge in [0.05, 0.1) is 21.3 Å². The second kappa shape index (κ2) is 7.80. The predicted molar refractivity (Wildman–Crippen MR) is 110 cm³/mol. The fraction of sp³-hybridized carbons (Fsp3) is 0.478. The quantitative estimate of drug-likeness (QED) is 0.693. The van der Waals surface area contributed by atoms with Gasteiger partial charge >= 0.3 is 0 Å². The Kier molecular flexibility index (Phi) is 5.32. The molecule has 2 aliphatic rings. The number of rotatable bonds is 6. The van der Waals surface area contributed by atoms with Gasteiger partial charge in [0.15, 0.2) is 23.0 Å². The number of benzene rings is 2. The summed E-state index contributed by atoms with van der Waals surface area (Å²) >= 11 is 0. The standard InChI is InChI=1S/C23H28O7/c1-7-29-23(3)13(2)21(14-8-19(24-4)22(26-6)20(9-14)25-5)15-10-17-18(28-12-27-17)11-16(15)30-23/h8-11,13,21H,7,12H2,1-6H3/t13-,21-,23+/m0/s1. The van der Waals surface area contributed by atoms with Crippen LogP contribution in [0.3, 0.4) is 0 Å². The van der Waals surface area contributed by atoms with Crippen LogP contribution in [0.4, 0.5) is 0 Å². The molecule has 2 aliphatic heterocycles. The van der Waals surface area contributed by atoms with E-state index in [9.17, 15) is 0 Å². The lowest BCUT2D eigenvalue weighted by atomic mass is 9.75. The smallest absolute Gasteiger partial charge is 0.231 e. The second-order valence-corrected chi connectivity index (χ2v) is 7.52. The van der Waals surface area contributed by atoms with E-state index in [-0.39, 0.29) is 18.6 Å². The van der Waals surface area contributed by atoms with Gasteiger partial charge in [-0.05, 0) is 30.7 Å². The van der Waals surface area contributed by atoms with E-state index in [0.717, 1.165) is 11.1 Å². The molecule has 0 radical (unpaired) electrons. The van der Waals surface area contributed by atoms with Crippen LogP contribution in [0, 0.1) is 5.92 Å². The molecule has 30 heavy (non-hydrogen) atoms. The summed E-state index contributed by atoms with van der Waals surface area (Å²) in [4.78, 5) is 0. The van der Waals surface area contributed by atoms with Crippen LogP contribution >= 0.6 is 0 Å². The van der Waals surface area contributed by atoms with E-state index < -0.39 is 5.79 Å². The van der Waals surface area contributed by atoms with Crippen LogP contribution < -0.4 is 28.4 Å². The molecule has 2 aromatic carbocycles. The Labute approximate surface area is 176 Å². The van der Waals surface area contributed by atoms with Crippen LogP contribution in [0.2, 0.25) is 0 Å². The van der Waals surface area contributed by atoms with Crippen molar-refractivity contribution in [3.8, 4) is 34.5 Å². The first-order chi connectivity index (χ1) is 14.5. The number of methoxy groups -OCH3 is 3. The van der Waals surface area contributed by atoms with Crippen LogP contribution in [0.1, 0.15) is 37.8 Å². The van der Waals surface area contributed by atoms with Gasteiger partial charge in [0, 0.05) is 37.0 Å². The maximum atomic E-state index is 6.36. The van der Waals surface area contributed by atoms with E-state index in [2.05, 4.69) is 6.92 Å². The molecule has 0 saturated carbocycles. The summed E-state index contributed by atoms with van der Waals surface area (Å²) in [5.74, 6) is 2.96. The van der Waals surface area contributed by atoms with Crippen molar-refractivity contribution in [3.05, 3.63) is 35.4 Å². The molecular formula is C23H28O7. The van der Waals surface area contributed by atoms with E-state index in [1.54, 1.807) is 21.3 Å². The van der Waals surface area contributed by atoms with Crippen molar-refractivity contribution < 1.29 is 33.2 Å². The third kappa shape index (κ3) is 3.17. The highest BCUT2D eigenvalue weighted by Gasteiger charge is 2.47. The number of ether oxygens (including phenoxy) is 7. The molecule has 2 aromatic rings. The van der Waals surface area contributed by atoms with Crippen molar-refractivity contribution in [1.29, 1.82) is 0 Å². The Bertz CT molecular complexity index is 916. The minimum absolute atomic E-state index is 0.0203. The van der Waals surface area contributed by atoms with Gasteiger partial charge in [-0.1, -0.05) is 6.92 Å². The van der Waals surface area contributed by atoms with Crippen molar-refractivity contribution in [2.45, 2.75) is 32.5 Å². The highest BCUT2D eigenvalue weighted by Crippen LogP contribution is 2.54. The van der Waals surface area contributed by atoms with Crippen LogP contribution in [0.5, 0.6) is 34.5 Å². The summed E-state index contributed by atoms with van der Waals surface area (Å²) in [5, 5.41) is 0. The van der Waals surface area contributed by atoms with Gasteiger partial charge in [0.2, 0.25) is 18.3 Å². The number of hydrogen-bond acceptors (Lipinski definition) is 7. The van der Waals surface area contributed by atoms with Crippen molar-refractivity contribution in [2.75, 3.05) is 34.7 Å². The summed E-state index contributed by atoms with van der Waals surface area (Å²) in [6.45, 7) is 6.79. The lowest BCUT2D eigenvalue weighted by Gasteiger charge is -2.45. The largest absolute Gasteiger partial charge is 0.493 e. The van der Waals surface area contributed by atoms with E-state index in [1.807, 2.05) is 38.1 Å². The Hall–Kier alpha value is -2.80.